The lowest BCUT2D eigenvalue weighted by Gasteiger charge is -2.16. The van der Waals surface area contributed by atoms with E-state index in [1.54, 1.807) is 0 Å². The number of hydrogen-bond acceptors (Lipinski definition) is 6. The third kappa shape index (κ3) is 1.23. The van der Waals surface area contributed by atoms with Crippen molar-refractivity contribution in [2.45, 2.75) is 0 Å². The molecule has 0 fully saturated rings. The molecule has 0 radical (unpaired) electrons. The molecule has 2 rings (SSSR count). The van der Waals surface area contributed by atoms with Crippen LogP contribution in [0.1, 0.15) is 0 Å². The molecule has 2 aliphatic heterocycles. The fraction of sp³-hybridized carbons (Fsp3) is 0. The summed E-state index contributed by atoms with van der Waals surface area (Å²) >= 11 is 0. The van der Waals surface area contributed by atoms with Gasteiger partial charge in [-0.2, -0.15) is 0 Å². The van der Waals surface area contributed by atoms with Crippen molar-refractivity contribution in [3.05, 3.63) is 22.3 Å². The van der Waals surface area contributed by atoms with Gasteiger partial charge in [0.1, 0.15) is 22.3 Å². The van der Waals surface area contributed by atoms with Crippen molar-refractivity contribution >= 4 is 33.5 Å². The van der Waals surface area contributed by atoms with Crippen molar-refractivity contribution in [3.63, 3.8) is 0 Å². The summed E-state index contributed by atoms with van der Waals surface area (Å²) in [5.74, 6) is -0.152. The van der Waals surface area contributed by atoms with E-state index in [2.05, 4.69) is 9.47 Å². The van der Waals surface area contributed by atoms with Gasteiger partial charge in [0.15, 0.2) is 0 Å². The van der Waals surface area contributed by atoms with Crippen LogP contribution in [0.25, 0.3) is 0 Å². The molecule has 0 saturated heterocycles. The molecule has 0 atom stereocenters. The molecule has 1 N–H and O–H groups in total. The second kappa shape index (κ2) is 2.87. The Kier molecular flexibility index (Phi) is 1.86. The van der Waals surface area contributed by atoms with Gasteiger partial charge in [-0.1, -0.05) is 0 Å². The smallest absolute Gasteiger partial charge is 0.353 e. The molecular weight excluding hydrogens is 198 g/mol. The first-order valence-electron chi connectivity index (χ1n) is 2.99. The highest BCUT2D eigenvalue weighted by atomic mass is 33.1. The molecule has 2 aliphatic rings. The van der Waals surface area contributed by atoms with E-state index in [0.717, 1.165) is 4.91 Å². The molecule has 0 spiro atoms. The maximum Gasteiger partial charge on any atom is 0.353 e. The molecule has 62 valence electrons. The summed E-state index contributed by atoms with van der Waals surface area (Å²) in [6, 6.07) is 0. The summed E-state index contributed by atoms with van der Waals surface area (Å²) < 4.78 is 9.02. The first kappa shape index (κ1) is 7.75. The first-order chi connectivity index (χ1) is 5.77. The van der Waals surface area contributed by atoms with Crippen molar-refractivity contribution in [2.24, 2.45) is 0 Å². The highest BCUT2D eigenvalue weighted by Gasteiger charge is 2.24. The van der Waals surface area contributed by atoms with Crippen molar-refractivity contribution < 1.29 is 14.3 Å². The minimum atomic E-state index is -0.306. The van der Waals surface area contributed by atoms with Crippen LogP contribution in [-0.2, 0) is 14.3 Å². The minimum absolute atomic E-state index is 0.154. The van der Waals surface area contributed by atoms with Crippen LogP contribution in [0.4, 0.5) is 0 Å². The van der Waals surface area contributed by atoms with Gasteiger partial charge in [-0.15, -0.1) is 0 Å². The zero-order valence-electron chi connectivity index (χ0n) is 5.70. The monoisotopic (exact) mass is 201 g/mol. The topological polar surface area (TPSA) is 59.4 Å². The average Bonchev–Trinajstić information content (AvgIpc) is 2.06. The maximum atomic E-state index is 10.6. The van der Waals surface area contributed by atoms with Gasteiger partial charge >= 0.3 is 5.97 Å². The molecule has 0 aromatic heterocycles. The summed E-state index contributed by atoms with van der Waals surface area (Å²) in [6.07, 6.45) is 2.87. The van der Waals surface area contributed by atoms with Gasteiger partial charge in [-0.3, -0.25) is 5.41 Å². The zero-order valence-corrected chi connectivity index (χ0v) is 7.33. The summed E-state index contributed by atoms with van der Waals surface area (Å²) in [5.41, 5.74) is 0. The van der Waals surface area contributed by atoms with E-state index in [0.29, 0.717) is 4.91 Å². The predicted molar refractivity (Wildman–Crippen MR) is 46.3 cm³/mol. The van der Waals surface area contributed by atoms with E-state index in [4.69, 9.17) is 5.41 Å². The molecule has 2 heterocycles. The molecule has 6 heteroatoms. The quantitative estimate of drug-likeness (QED) is 0.555. The SMILES string of the molecule is N=C1OC=C1SSC1=COC1=O. The van der Waals surface area contributed by atoms with E-state index in [9.17, 15) is 4.79 Å². The second-order valence-corrected chi connectivity index (χ2v) is 4.20. The Labute approximate surface area is 75.9 Å². The number of carbonyl (C=O) groups excluding carboxylic acids is 1. The lowest BCUT2D eigenvalue weighted by molar-refractivity contribution is -0.136. The Balaban J connectivity index is 1.83. The summed E-state index contributed by atoms with van der Waals surface area (Å²) in [7, 11) is 2.59. The molecule has 12 heavy (non-hydrogen) atoms. The van der Waals surface area contributed by atoms with Crippen LogP contribution in [-0.4, -0.2) is 11.9 Å². The molecule has 0 saturated carbocycles. The van der Waals surface area contributed by atoms with Gasteiger partial charge in [-0.25, -0.2) is 4.79 Å². The molecule has 0 unspecified atom stereocenters. The van der Waals surface area contributed by atoms with E-state index >= 15 is 0 Å². The first-order valence-corrected chi connectivity index (χ1v) is 5.14. The minimum Gasteiger partial charge on any atom is -0.445 e. The van der Waals surface area contributed by atoms with Gasteiger partial charge < -0.3 is 9.47 Å². The maximum absolute atomic E-state index is 10.6. The van der Waals surface area contributed by atoms with E-state index < -0.39 is 0 Å². The highest BCUT2D eigenvalue weighted by molar-refractivity contribution is 8.80. The fourth-order valence-electron chi connectivity index (χ4n) is 0.522. The summed E-state index contributed by atoms with van der Waals surface area (Å²) in [4.78, 5) is 11.9. The van der Waals surface area contributed by atoms with Crippen LogP contribution in [0.15, 0.2) is 22.3 Å². The second-order valence-electron chi connectivity index (χ2n) is 1.98. The molecule has 0 aliphatic carbocycles. The molecular formula is C6H3NO3S2. The van der Waals surface area contributed by atoms with Crippen LogP contribution in [0.2, 0.25) is 0 Å². The normalized spacial score (nSPS) is 19.7. The molecule has 0 aromatic rings. The van der Waals surface area contributed by atoms with Crippen LogP contribution >= 0.6 is 21.6 Å². The standard InChI is InChI=1S/C6H3NO3S2/c7-5-3(1-9-5)11-12-4-2-10-6(4)8/h1-2,7H. The lowest BCUT2D eigenvalue weighted by atomic mass is 10.5. The van der Waals surface area contributed by atoms with E-state index in [1.807, 2.05) is 0 Å². The van der Waals surface area contributed by atoms with Crippen LogP contribution in [0.5, 0.6) is 0 Å². The number of cyclic esters (lactones) is 1. The van der Waals surface area contributed by atoms with Crippen LogP contribution in [0, 0.1) is 5.41 Å². The van der Waals surface area contributed by atoms with Gasteiger partial charge in [0, 0.05) is 0 Å². The van der Waals surface area contributed by atoms with Gasteiger partial charge in [0.05, 0.1) is 0 Å². The zero-order chi connectivity index (χ0) is 8.55. The predicted octanol–water partition coefficient (Wildman–Crippen LogP) is 1.61. The number of ether oxygens (including phenoxy) is 2. The molecule has 0 aromatic carbocycles. The van der Waals surface area contributed by atoms with Gasteiger partial charge in [-0.05, 0) is 21.6 Å². The number of esters is 1. The van der Waals surface area contributed by atoms with E-state index in [-0.39, 0.29) is 11.9 Å². The number of carbonyl (C=O) groups is 1. The van der Waals surface area contributed by atoms with Crippen molar-refractivity contribution in [1.29, 1.82) is 5.41 Å². The average molecular weight is 201 g/mol. The Morgan fingerprint density at radius 3 is 2.17 bits per heavy atom. The van der Waals surface area contributed by atoms with Gasteiger partial charge in [0.25, 0.3) is 0 Å². The fourth-order valence-corrected chi connectivity index (χ4v) is 2.32. The van der Waals surface area contributed by atoms with Crippen molar-refractivity contribution in [3.8, 4) is 0 Å². The Morgan fingerprint density at radius 2 is 1.83 bits per heavy atom. The summed E-state index contributed by atoms with van der Waals surface area (Å²) in [6.45, 7) is 0. The third-order valence-corrected chi connectivity index (χ3v) is 3.52. The van der Waals surface area contributed by atoms with Crippen LogP contribution in [0.3, 0.4) is 0 Å². The Bertz CT molecular complexity index is 289. The van der Waals surface area contributed by atoms with Crippen molar-refractivity contribution in [2.75, 3.05) is 0 Å². The lowest BCUT2D eigenvalue weighted by Crippen LogP contribution is -2.12. The van der Waals surface area contributed by atoms with E-state index in [1.165, 1.54) is 34.1 Å². The third-order valence-electron chi connectivity index (χ3n) is 1.20. The number of rotatable bonds is 3. The van der Waals surface area contributed by atoms with Crippen molar-refractivity contribution in [1.82, 2.24) is 0 Å². The highest BCUT2D eigenvalue weighted by Crippen LogP contribution is 2.41. The summed E-state index contributed by atoms with van der Waals surface area (Å²) in [5, 5.41) is 7.10. The molecule has 0 amide bonds. The van der Waals surface area contributed by atoms with Crippen LogP contribution < -0.4 is 0 Å². The molecule has 4 nitrogen and oxygen atoms in total. The molecule has 0 bridgehead atoms. The number of nitrogens with one attached hydrogen (secondary N) is 1. The Hall–Kier alpha value is -0.880. The number of hydrogen-bond donors (Lipinski definition) is 1. The largest absolute Gasteiger partial charge is 0.445 e. The van der Waals surface area contributed by atoms with Gasteiger partial charge in [0.2, 0.25) is 5.90 Å². The Morgan fingerprint density at radius 1 is 1.17 bits per heavy atom.